The van der Waals surface area contributed by atoms with E-state index in [4.69, 9.17) is 4.74 Å². The van der Waals surface area contributed by atoms with E-state index in [1.165, 1.54) is 0 Å². The van der Waals surface area contributed by atoms with Crippen LogP contribution in [0.1, 0.15) is 11.5 Å². The monoisotopic (exact) mass is 315 g/mol. The first-order chi connectivity index (χ1) is 9.26. The van der Waals surface area contributed by atoms with Crippen LogP contribution < -0.4 is 10.1 Å². The fraction of sp³-hybridized carbons (Fsp3) is 0.417. The number of nitrogens with one attached hydrogen (secondary N) is 1. The summed E-state index contributed by atoms with van der Waals surface area (Å²) < 4.78 is 7.26. The van der Waals surface area contributed by atoms with Crippen molar-refractivity contribution in [2.45, 2.75) is 17.5 Å². The summed E-state index contributed by atoms with van der Waals surface area (Å²) in [6.45, 7) is 0.705. The SMILES string of the molecule is CNCc1nnc(SCc2ncccc2OC)n1C.Cl. The summed E-state index contributed by atoms with van der Waals surface area (Å²) in [5.74, 6) is 2.42. The standard InChI is InChI=1S/C12H17N5OS.ClH/c1-13-7-11-15-16-12(17(11)2)19-8-9-10(18-3)5-4-6-14-9;/h4-6,13H,7-8H2,1-3H3;1H. The van der Waals surface area contributed by atoms with Crippen molar-refractivity contribution in [3.8, 4) is 5.75 Å². The van der Waals surface area contributed by atoms with E-state index in [9.17, 15) is 0 Å². The van der Waals surface area contributed by atoms with Crippen molar-refractivity contribution in [2.24, 2.45) is 7.05 Å². The number of hydrogen-bond acceptors (Lipinski definition) is 6. The second-order valence-electron chi connectivity index (χ2n) is 3.93. The average molecular weight is 316 g/mol. The molecule has 0 saturated heterocycles. The zero-order valence-electron chi connectivity index (χ0n) is 11.7. The summed E-state index contributed by atoms with van der Waals surface area (Å²) in [5.41, 5.74) is 0.910. The van der Waals surface area contributed by atoms with E-state index >= 15 is 0 Å². The van der Waals surface area contributed by atoms with Gasteiger partial charge < -0.3 is 14.6 Å². The molecule has 0 saturated carbocycles. The van der Waals surface area contributed by atoms with Crippen LogP contribution in [0.15, 0.2) is 23.5 Å². The maximum Gasteiger partial charge on any atom is 0.191 e. The van der Waals surface area contributed by atoms with Crippen molar-refractivity contribution >= 4 is 24.2 Å². The van der Waals surface area contributed by atoms with Crippen LogP contribution in [0.5, 0.6) is 5.75 Å². The summed E-state index contributed by atoms with van der Waals surface area (Å²) in [5, 5.41) is 12.2. The van der Waals surface area contributed by atoms with Gasteiger partial charge in [-0.1, -0.05) is 11.8 Å². The Kier molecular flexibility index (Phi) is 6.77. The van der Waals surface area contributed by atoms with Gasteiger partial charge in [0.05, 0.1) is 19.3 Å². The summed E-state index contributed by atoms with van der Waals surface area (Å²) >= 11 is 1.60. The first-order valence-electron chi connectivity index (χ1n) is 5.89. The van der Waals surface area contributed by atoms with Crippen LogP contribution in [0.3, 0.4) is 0 Å². The average Bonchev–Trinajstić information content (AvgIpc) is 2.78. The molecule has 0 aliphatic heterocycles. The molecule has 0 fully saturated rings. The van der Waals surface area contributed by atoms with Gasteiger partial charge >= 0.3 is 0 Å². The minimum atomic E-state index is 0. The first-order valence-corrected chi connectivity index (χ1v) is 6.88. The first kappa shape index (κ1) is 16.7. The van der Waals surface area contributed by atoms with E-state index < -0.39 is 0 Å². The highest BCUT2D eigenvalue weighted by Crippen LogP contribution is 2.25. The minimum absolute atomic E-state index is 0. The lowest BCUT2D eigenvalue weighted by molar-refractivity contribution is 0.409. The lowest BCUT2D eigenvalue weighted by Gasteiger charge is -2.06. The molecule has 2 rings (SSSR count). The number of halogens is 1. The Balaban J connectivity index is 0.00000200. The molecule has 0 radical (unpaired) electrons. The largest absolute Gasteiger partial charge is 0.495 e. The minimum Gasteiger partial charge on any atom is -0.495 e. The van der Waals surface area contributed by atoms with Gasteiger partial charge in [0.2, 0.25) is 0 Å². The number of nitrogens with zero attached hydrogens (tertiary/aromatic N) is 4. The lowest BCUT2D eigenvalue weighted by Crippen LogP contribution is -2.10. The Morgan fingerprint density at radius 2 is 2.20 bits per heavy atom. The molecule has 0 aromatic carbocycles. The topological polar surface area (TPSA) is 64.9 Å². The van der Waals surface area contributed by atoms with Gasteiger partial charge in [-0.2, -0.15) is 0 Å². The van der Waals surface area contributed by atoms with E-state index in [2.05, 4.69) is 20.5 Å². The second kappa shape index (κ2) is 8.08. The van der Waals surface area contributed by atoms with Gasteiger partial charge in [0.1, 0.15) is 11.6 Å². The number of aromatic nitrogens is 4. The highest BCUT2D eigenvalue weighted by molar-refractivity contribution is 7.98. The van der Waals surface area contributed by atoms with Crippen molar-refractivity contribution in [1.82, 2.24) is 25.1 Å². The Morgan fingerprint density at radius 3 is 2.90 bits per heavy atom. The highest BCUT2D eigenvalue weighted by Gasteiger charge is 2.10. The maximum absolute atomic E-state index is 5.28. The molecule has 8 heteroatoms. The molecule has 0 aliphatic rings. The summed E-state index contributed by atoms with van der Waals surface area (Å²) in [6.07, 6.45) is 1.77. The molecule has 0 spiro atoms. The van der Waals surface area contributed by atoms with Gasteiger partial charge in [-0.3, -0.25) is 4.98 Å². The van der Waals surface area contributed by atoms with Gasteiger partial charge in [0.25, 0.3) is 0 Å². The third kappa shape index (κ3) is 3.84. The van der Waals surface area contributed by atoms with Crippen LogP contribution in [0, 0.1) is 0 Å². The van der Waals surface area contributed by atoms with Crippen LogP contribution in [-0.4, -0.2) is 33.9 Å². The third-order valence-corrected chi connectivity index (χ3v) is 3.70. The number of methoxy groups -OCH3 is 1. The van der Waals surface area contributed by atoms with Gasteiger partial charge in [-0.25, -0.2) is 0 Å². The zero-order valence-corrected chi connectivity index (χ0v) is 13.3. The molecule has 0 unspecified atom stereocenters. The van der Waals surface area contributed by atoms with Crippen LogP contribution in [0.4, 0.5) is 0 Å². The van der Waals surface area contributed by atoms with Gasteiger partial charge in [-0.15, -0.1) is 22.6 Å². The van der Waals surface area contributed by atoms with Crippen molar-refractivity contribution in [1.29, 1.82) is 0 Å². The third-order valence-electron chi connectivity index (χ3n) is 2.67. The maximum atomic E-state index is 5.28. The molecular formula is C12H18ClN5OS. The molecule has 0 atom stereocenters. The van der Waals surface area contributed by atoms with E-state index in [-0.39, 0.29) is 12.4 Å². The van der Waals surface area contributed by atoms with Crippen molar-refractivity contribution in [3.63, 3.8) is 0 Å². The quantitative estimate of drug-likeness (QED) is 0.818. The zero-order chi connectivity index (χ0) is 13.7. The molecule has 2 heterocycles. The Hall–Kier alpha value is -1.31. The summed E-state index contributed by atoms with van der Waals surface area (Å²) in [4.78, 5) is 4.32. The van der Waals surface area contributed by atoms with Crippen molar-refractivity contribution < 1.29 is 4.74 Å². The molecule has 110 valence electrons. The van der Waals surface area contributed by atoms with Crippen molar-refractivity contribution in [2.75, 3.05) is 14.2 Å². The normalized spacial score (nSPS) is 10.2. The molecule has 1 N–H and O–H groups in total. The van der Waals surface area contributed by atoms with Crippen LogP contribution in [0.25, 0.3) is 0 Å². The molecule has 0 amide bonds. The summed E-state index contributed by atoms with van der Waals surface area (Å²) in [6, 6.07) is 3.77. The molecule has 20 heavy (non-hydrogen) atoms. The molecule has 6 nitrogen and oxygen atoms in total. The van der Waals surface area contributed by atoms with E-state index in [1.54, 1.807) is 25.1 Å². The van der Waals surface area contributed by atoms with E-state index in [0.29, 0.717) is 12.3 Å². The number of hydrogen-bond donors (Lipinski definition) is 1. The molecule has 0 aliphatic carbocycles. The second-order valence-corrected chi connectivity index (χ2v) is 4.87. The molecule has 0 bridgehead atoms. The predicted molar refractivity (Wildman–Crippen MR) is 81.4 cm³/mol. The Morgan fingerprint density at radius 1 is 1.40 bits per heavy atom. The smallest absolute Gasteiger partial charge is 0.191 e. The number of ether oxygens (including phenoxy) is 1. The summed E-state index contributed by atoms with van der Waals surface area (Å²) in [7, 11) is 5.50. The number of pyridine rings is 1. The van der Waals surface area contributed by atoms with E-state index in [1.807, 2.05) is 30.8 Å². The number of rotatable bonds is 6. The highest BCUT2D eigenvalue weighted by atomic mass is 35.5. The van der Waals surface area contributed by atoms with Crippen LogP contribution >= 0.6 is 24.2 Å². The predicted octanol–water partition coefficient (Wildman–Crippen LogP) is 1.65. The molecule has 2 aromatic rings. The Bertz CT molecular complexity index is 548. The molecular weight excluding hydrogens is 298 g/mol. The van der Waals surface area contributed by atoms with Gasteiger partial charge in [-0.05, 0) is 19.2 Å². The fourth-order valence-electron chi connectivity index (χ4n) is 1.63. The van der Waals surface area contributed by atoms with Gasteiger partial charge in [0.15, 0.2) is 5.16 Å². The van der Waals surface area contributed by atoms with Crippen LogP contribution in [-0.2, 0) is 19.3 Å². The Labute approximate surface area is 128 Å². The molecule has 2 aromatic heterocycles. The number of thioether (sulfide) groups is 1. The van der Waals surface area contributed by atoms with Gasteiger partial charge in [0, 0.05) is 19.0 Å². The van der Waals surface area contributed by atoms with E-state index in [0.717, 1.165) is 22.4 Å². The fourth-order valence-corrected chi connectivity index (χ4v) is 2.51. The van der Waals surface area contributed by atoms with Crippen LogP contribution in [0.2, 0.25) is 0 Å². The lowest BCUT2D eigenvalue weighted by atomic mass is 10.3. The van der Waals surface area contributed by atoms with Crippen molar-refractivity contribution in [3.05, 3.63) is 29.8 Å².